The maximum Gasteiger partial charge on any atom is 0.244 e. The molecule has 3 rings (SSSR count). The van der Waals surface area contributed by atoms with Gasteiger partial charge in [-0.2, -0.15) is 0 Å². The van der Waals surface area contributed by atoms with Crippen LogP contribution in [0.25, 0.3) is 0 Å². The summed E-state index contributed by atoms with van der Waals surface area (Å²) in [5.74, 6) is -0.557. The quantitative estimate of drug-likeness (QED) is 0.772. The summed E-state index contributed by atoms with van der Waals surface area (Å²) < 4.78 is 22.9. The first-order valence-electron chi connectivity index (χ1n) is 8.85. The molecule has 7 heteroatoms. The second-order valence-electron chi connectivity index (χ2n) is 6.80. The van der Waals surface area contributed by atoms with E-state index in [0.29, 0.717) is 12.1 Å². The van der Waals surface area contributed by atoms with Gasteiger partial charge in [-0.25, -0.2) is 18.5 Å². The minimum absolute atomic E-state index is 0.0642. The summed E-state index contributed by atoms with van der Waals surface area (Å²) in [5, 5.41) is 5.11. The number of amides is 2. The molecule has 1 aliphatic rings. The Kier molecular flexibility index (Phi) is 5.17. The number of imide groups is 1. The molecule has 27 heavy (non-hydrogen) atoms. The Balaban J connectivity index is 2.02. The number of hydrogen-bond donors (Lipinski definition) is 1. The summed E-state index contributed by atoms with van der Waals surface area (Å²) in [7, 11) is -3.84. The predicted molar refractivity (Wildman–Crippen MR) is 103 cm³/mol. The summed E-state index contributed by atoms with van der Waals surface area (Å²) in [6, 6.07) is 14.9. The number of primary sulfonamides is 1. The maximum atomic E-state index is 13.4. The first kappa shape index (κ1) is 19.3. The van der Waals surface area contributed by atoms with E-state index in [2.05, 4.69) is 0 Å². The second-order valence-corrected chi connectivity index (χ2v) is 8.36. The Labute approximate surface area is 159 Å². The van der Waals surface area contributed by atoms with Crippen molar-refractivity contribution in [3.63, 3.8) is 0 Å². The van der Waals surface area contributed by atoms with E-state index in [4.69, 9.17) is 5.14 Å². The van der Waals surface area contributed by atoms with Crippen molar-refractivity contribution in [2.24, 2.45) is 5.14 Å². The molecule has 1 unspecified atom stereocenters. The summed E-state index contributed by atoms with van der Waals surface area (Å²) >= 11 is 0. The SMILES string of the molecule is CCCCC1(c2ccccc2)CC(=O)N(c2ccc(S(N)(=O)=O)cc2)C1=O. The van der Waals surface area contributed by atoms with Crippen LogP contribution < -0.4 is 10.0 Å². The fraction of sp³-hybridized carbons (Fsp3) is 0.300. The molecule has 2 aromatic rings. The van der Waals surface area contributed by atoms with Crippen LogP contribution in [0.3, 0.4) is 0 Å². The van der Waals surface area contributed by atoms with Crippen LogP contribution >= 0.6 is 0 Å². The minimum atomic E-state index is -3.84. The van der Waals surface area contributed by atoms with Crippen molar-refractivity contribution in [3.05, 3.63) is 60.2 Å². The zero-order valence-corrected chi connectivity index (χ0v) is 15.9. The molecule has 1 saturated heterocycles. The van der Waals surface area contributed by atoms with Crippen molar-refractivity contribution in [2.75, 3.05) is 4.90 Å². The number of hydrogen-bond acceptors (Lipinski definition) is 4. The van der Waals surface area contributed by atoms with Crippen molar-refractivity contribution >= 4 is 27.5 Å². The molecule has 1 aliphatic heterocycles. The number of carbonyl (C=O) groups is 2. The lowest BCUT2D eigenvalue weighted by Crippen LogP contribution is -2.38. The molecule has 2 N–H and O–H groups in total. The molecule has 6 nitrogen and oxygen atoms in total. The third-order valence-electron chi connectivity index (χ3n) is 5.02. The van der Waals surface area contributed by atoms with Crippen molar-refractivity contribution < 1.29 is 18.0 Å². The van der Waals surface area contributed by atoms with E-state index in [1.807, 2.05) is 37.3 Å². The van der Waals surface area contributed by atoms with Crippen molar-refractivity contribution in [3.8, 4) is 0 Å². The topological polar surface area (TPSA) is 97.5 Å². The van der Waals surface area contributed by atoms with Crippen molar-refractivity contribution in [1.82, 2.24) is 0 Å². The molecule has 142 valence electrons. The van der Waals surface area contributed by atoms with Gasteiger partial charge in [0.25, 0.3) is 0 Å². The molecule has 0 aromatic heterocycles. The average Bonchev–Trinajstić information content (AvgIpc) is 2.91. The molecule has 0 saturated carbocycles. The first-order valence-corrected chi connectivity index (χ1v) is 10.4. The molecule has 1 fully saturated rings. The average molecular weight is 386 g/mol. The summed E-state index contributed by atoms with van der Waals surface area (Å²) in [6.07, 6.45) is 2.43. The van der Waals surface area contributed by atoms with Gasteiger partial charge in [0, 0.05) is 6.42 Å². The predicted octanol–water partition coefficient (Wildman–Crippen LogP) is 2.73. The number of sulfonamides is 1. The third kappa shape index (κ3) is 3.52. The van der Waals surface area contributed by atoms with Crippen LogP contribution in [0.15, 0.2) is 59.5 Å². The monoisotopic (exact) mass is 386 g/mol. The Bertz CT molecular complexity index is 955. The number of nitrogens with two attached hydrogens (primary N) is 1. The number of nitrogens with zero attached hydrogens (tertiary/aromatic N) is 1. The largest absolute Gasteiger partial charge is 0.274 e. The number of anilines is 1. The summed E-state index contributed by atoms with van der Waals surface area (Å²) in [5.41, 5.74) is 0.305. The van der Waals surface area contributed by atoms with Gasteiger partial charge in [0.1, 0.15) is 0 Å². The van der Waals surface area contributed by atoms with E-state index in [0.717, 1.165) is 23.3 Å². The van der Waals surface area contributed by atoms with Gasteiger partial charge in [0.2, 0.25) is 21.8 Å². The number of rotatable bonds is 6. The number of carbonyl (C=O) groups excluding carboxylic acids is 2. The lowest BCUT2D eigenvalue weighted by Gasteiger charge is -2.27. The Morgan fingerprint density at radius 3 is 2.22 bits per heavy atom. The third-order valence-corrected chi connectivity index (χ3v) is 5.95. The molecule has 0 spiro atoms. The highest BCUT2D eigenvalue weighted by atomic mass is 32.2. The lowest BCUT2D eigenvalue weighted by atomic mass is 9.75. The molecular weight excluding hydrogens is 364 g/mol. The molecular formula is C20H22N2O4S. The van der Waals surface area contributed by atoms with Gasteiger partial charge >= 0.3 is 0 Å². The van der Waals surface area contributed by atoms with Gasteiger partial charge in [-0.15, -0.1) is 0 Å². The van der Waals surface area contributed by atoms with Crippen LogP contribution in [-0.2, 0) is 25.0 Å². The van der Waals surface area contributed by atoms with E-state index in [1.54, 1.807) is 0 Å². The zero-order valence-electron chi connectivity index (χ0n) is 15.1. The van der Waals surface area contributed by atoms with E-state index in [-0.39, 0.29) is 23.1 Å². The van der Waals surface area contributed by atoms with Crippen molar-refractivity contribution in [1.29, 1.82) is 0 Å². The maximum absolute atomic E-state index is 13.4. The smallest absolute Gasteiger partial charge is 0.244 e. The van der Waals surface area contributed by atoms with Crippen LogP contribution in [0.2, 0.25) is 0 Å². The number of unbranched alkanes of at least 4 members (excludes halogenated alkanes) is 1. The van der Waals surface area contributed by atoms with E-state index in [9.17, 15) is 18.0 Å². The van der Waals surface area contributed by atoms with Crippen LogP contribution in [0.5, 0.6) is 0 Å². The first-order chi connectivity index (χ1) is 12.8. The summed E-state index contributed by atoms with van der Waals surface area (Å²) in [6.45, 7) is 2.05. The molecule has 2 amide bonds. The Hall–Kier alpha value is -2.51. The highest BCUT2D eigenvalue weighted by molar-refractivity contribution is 7.89. The Morgan fingerprint density at radius 1 is 1.04 bits per heavy atom. The molecule has 0 aliphatic carbocycles. The second kappa shape index (κ2) is 7.25. The van der Waals surface area contributed by atoms with E-state index < -0.39 is 15.4 Å². The lowest BCUT2D eigenvalue weighted by molar-refractivity contribution is -0.123. The van der Waals surface area contributed by atoms with Gasteiger partial charge in [0.05, 0.1) is 16.0 Å². The van der Waals surface area contributed by atoms with Crippen molar-refractivity contribution in [2.45, 2.75) is 42.9 Å². The van der Waals surface area contributed by atoms with Gasteiger partial charge in [0.15, 0.2) is 0 Å². The van der Waals surface area contributed by atoms with Gasteiger partial charge < -0.3 is 0 Å². The van der Waals surface area contributed by atoms with Gasteiger partial charge in [-0.3, -0.25) is 9.59 Å². The molecule has 1 atom stereocenters. The Morgan fingerprint density at radius 2 is 1.67 bits per heavy atom. The highest BCUT2D eigenvalue weighted by Crippen LogP contribution is 2.42. The van der Waals surface area contributed by atoms with E-state index in [1.165, 1.54) is 24.3 Å². The van der Waals surface area contributed by atoms with Gasteiger partial charge in [-0.1, -0.05) is 50.1 Å². The van der Waals surface area contributed by atoms with Crippen LogP contribution in [-0.4, -0.2) is 20.2 Å². The van der Waals surface area contributed by atoms with Gasteiger partial charge in [-0.05, 0) is 36.2 Å². The van der Waals surface area contributed by atoms with Crippen LogP contribution in [0, 0.1) is 0 Å². The standard InChI is InChI=1S/C20H22N2O4S/c1-2-3-13-20(15-7-5-4-6-8-15)14-18(23)22(19(20)24)16-9-11-17(12-10-16)27(21,25)26/h4-12H,2-3,13-14H2,1H3,(H2,21,25,26). The zero-order chi connectivity index (χ0) is 19.7. The van der Waals surface area contributed by atoms with E-state index >= 15 is 0 Å². The summed E-state index contributed by atoms with van der Waals surface area (Å²) in [4.78, 5) is 27.3. The molecule has 0 radical (unpaired) electrons. The number of benzene rings is 2. The van der Waals surface area contributed by atoms with Crippen LogP contribution in [0.4, 0.5) is 5.69 Å². The molecule has 1 heterocycles. The minimum Gasteiger partial charge on any atom is -0.274 e. The highest BCUT2D eigenvalue weighted by Gasteiger charge is 2.52. The fourth-order valence-electron chi connectivity index (χ4n) is 3.59. The molecule has 0 bridgehead atoms. The van der Waals surface area contributed by atoms with Crippen LogP contribution in [0.1, 0.15) is 38.2 Å². The molecule has 2 aromatic carbocycles. The normalized spacial score (nSPS) is 20.3. The fourth-order valence-corrected chi connectivity index (χ4v) is 4.10.